The number of hydrogen-bond donors (Lipinski definition) is 1. The highest BCUT2D eigenvalue weighted by molar-refractivity contribution is 4.88. The molecule has 1 aliphatic rings. The maximum absolute atomic E-state index is 3.63. The minimum absolute atomic E-state index is 0.594. The van der Waals surface area contributed by atoms with Crippen LogP contribution in [0.1, 0.15) is 67.2 Å². The van der Waals surface area contributed by atoms with Crippen LogP contribution in [0.5, 0.6) is 0 Å². The smallest absolute Gasteiger partial charge is 0.0243 e. The minimum atomic E-state index is 0.594. The predicted molar refractivity (Wildman–Crippen MR) is 85.6 cm³/mol. The fraction of sp³-hybridized carbons (Fsp3) is 1.00. The summed E-state index contributed by atoms with van der Waals surface area (Å²) in [5.41, 5.74) is 0.642. The molecule has 2 heteroatoms. The van der Waals surface area contributed by atoms with E-state index in [1.54, 1.807) is 0 Å². The van der Waals surface area contributed by atoms with Gasteiger partial charge in [0.1, 0.15) is 0 Å². The third-order valence-corrected chi connectivity index (χ3v) is 5.33. The van der Waals surface area contributed by atoms with Crippen LogP contribution in [0.3, 0.4) is 0 Å². The van der Waals surface area contributed by atoms with Crippen molar-refractivity contribution >= 4 is 0 Å². The minimum Gasteiger partial charge on any atom is -0.313 e. The van der Waals surface area contributed by atoms with Gasteiger partial charge in [-0.15, -0.1) is 0 Å². The van der Waals surface area contributed by atoms with Crippen LogP contribution >= 0.6 is 0 Å². The van der Waals surface area contributed by atoms with Gasteiger partial charge in [0.2, 0.25) is 0 Å². The molecule has 19 heavy (non-hydrogen) atoms. The standard InChI is InChI=1S/C17H36N2/c1-7-17(8-2)9-11-19(12-10-17)16(14(3)4)13-18-15(5)6/h14-16,18H,7-13H2,1-6H3. The monoisotopic (exact) mass is 268 g/mol. The highest BCUT2D eigenvalue weighted by atomic mass is 15.2. The van der Waals surface area contributed by atoms with Gasteiger partial charge in [-0.05, 0) is 37.3 Å². The summed E-state index contributed by atoms with van der Waals surface area (Å²) in [6.07, 6.45) is 5.50. The molecule has 114 valence electrons. The van der Waals surface area contributed by atoms with Gasteiger partial charge in [-0.1, -0.05) is 54.4 Å². The van der Waals surface area contributed by atoms with Crippen molar-refractivity contribution in [1.82, 2.24) is 10.2 Å². The van der Waals surface area contributed by atoms with Crippen molar-refractivity contribution in [1.29, 1.82) is 0 Å². The Kier molecular flexibility index (Phi) is 6.82. The van der Waals surface area contributed by atoms with Crippen LogP contribution in [0.15, 0.2) is 0 Å². The Morgan fingerprint density at radius 1 is 1.00 bits per heavy atom. The first kappa shape index (κ1) is 17.0. The number of piperidine rings is 1. The highest BCUT2D eigenvalue weighted by Gasteiger charge is 2.34. The molecule has 0 radical (unpaired) electrons. The van der Waals surface area contributed by atoms with E-state index < -0.39 is 0 Å². The van der Waals surface area contributed by atoms with Crippen molar-refractivity contribution in [3.05, 3.63) is 0 Å². The number of likely N-dealkylation sites (tertiary alicyclic amines) is 1. The summed E-state index contributed by atoms with van der Waals surface area (Å²) in [6.45, 7) is 17.7. The van der Waals surface area contributed by atoms with Gasteiger partial charge in [0.25, 0.3) is 0 Å². The molecule has 1 heterocycles. The summed E-state index contributed by atoms with van der Waals surface area (Å²) in [6, 6.07) is 1.30. The van der Waals surface area contributed by atoms with E-state index >= 15 is 0 Å². The van der Waals surface area contributed by atoms with Crippen molar-refractivity contribution < 1.29 is 0 Å². The first-order valence-electron chi connectivity index (χ1n) is 8.41. The number of hydrogen-bond acceptors (Lipinski definition) is 2. The average molecular weight is 268 g/mol. The Balaban J connectivity index is 2.54. The molecule has 1 saturated heterocycles. The normalized spacial score (nSPS) is 22.1. The lowest BCUT2D eigenvalue weighted by Crippen LogP contribution is -2.51. The van der Waals surface area contributed by atoms with Crippen LogP contribution in [-0.4, -0.2) is 36.6 Å². The Morgan fingerprint density at radius 2 is 1.53 bits per heavy atom. The molecule has 0 saturated carbocycles. The van der Waals surface area contributed by atoms with Gasteiger partial charge in [-0.3, -0.25) is 4.90 Å². The van der Waals surface area contributed by atoms with Gasteiger partial charge in [0, 0.05) is 18.6 Å². The second-order valence-corrected chi connectivity index (χ2v) is 7.12. The molecule has 1 N–H and O–H groups in total. The molecule has 1 atom stereocenters. The zero-order valence-electron chi connectivity index (χ0n) is 14.1. The van der Waals surface area contributed by atoms with Crippen LogP contribution in [-0.2, 0) is 0 Å². The van der Waals surface area contributed by atoms with E-state index in [0.717, 1.165) is 12.5 Å². The van der Waals surface area contributed by atoms with Crippen LogP contribution in [0.2, 0.25) is 0 Å². The quantitative estimate of drug-likeness (QED) is 0.753. The van der Waals surface area contributed by atoms with E-state index in [1.165, 1.54) is 38.8 Å². The maximum Gasteiger partial charge on any atom is 0.0243 e. The van der Waals surface area contributed by atoms with Crippen molar-refractivity contribution in [3.8, 4) is 0 Å². The largest absolute Gasteiger partial charge is 0.313 e. The van der Waals surface area contributed by atoms with Gasteiger partial charge in [0.05, 0.1) is 0 Å². The van der Waals surface area contributed by atoms with Crippen LogP contribution < -0.4 is 5.32 Å². The van der Waals surface area contributed by atoms with Crippen LogP contribution in [0.4, 0.5) is 0 Å². The Hall–Kier alpha value is -0.0800. The molecular weight excluding hydrogens is 232 g/mol. The Morgan fingerprint density at radius 3 is 1.89 bits per heavy atom. The second-order valence-electron chi connectivity index (χ2n) is 7.12. The van der Waals surface area contributed by atoms with E-state index in [2.05, 4.69) is 51.8 Å². The summed E-state index contributed by atoms with van der Waals surface area (Å²) >= 11 is 0. The third kappa shape index (κ3) is 4.75. The molecule has 0 aromatic carbocycles. The summed E-state index contributed by atoms with van der Waals surface area (Å²) < 4.78 is 0. The van der Waals surface area contributed by atoms with E-state index in [-0.39, 0.29) is 0 Å². The van der Waals surface area contributed by atoms with E-state index in [9.17, 15) is 0 Å². The molecule has 1 aliphatic heterocycles. The SMILES string of the molecule is CCC1(CC)CCN(C(CNC(C)C)C(C)C)CC1. The second kappa shape index (κ2) is 7.64. The fourth-order valence-corrected chi connectivity index (χ4v) is 3.43. The molecule has 0 spiro atoms. The van der Waals surface area contributed by atoms with Crippen LogP contribution in [0, 0.1) is 11.3 Å². The van der Waals surface area contributed by atoms with Gasteiger partial charge < -0.3 is 5.32 Å². The molecule has 0 aliphatic carbocycles. The summed E-state index contributed by atoms with van der Waals surface area (Å²) in [5, 5.41) is 3.63. The summed E-state index contributed by atoms with van der Waals surface area (Å²) in [4.78, 5) is 2.74. The number of nitrogens with one attached hydrogen (secondary N) is 1. The topological polar surface area (TPSA) is 15.3 Å². The van der Waals surface area contributed by atoms with Crippen molar-refractivity contribution in [2.45, 2.75) is 79.3 Å². The van der Waals surface area contributed by atoms with Gasteiger partial charge in [0.15, 0.2) is 0 Å². The number of nitrogens with zero attached hydrogens (tertiary/aromatic N) is 1. The zero-order chi connectivity index (χ0) is 14.5. The Labute approximate surface area is 121 Å². The van der Waals surface area contributed by atoms with Gasteiger partial charge in [-0.25, -0.2) is 0 Å². The molecule has 0 aromatic heterocycles. The van der Waals surface area contributed by atoms with Gasteiger partial charge in [-0.2, -0.15) is 0 Å². The Bertz CT molecular complexity index is 234. The maximum atomic E-state index is 3.63. The molecule has 1 unspecified atom stereocenters. The average Bonchev–Trinajstić information content (AvgIpc) is 2.39. The van der Waals surface area contributed by atoms with Gasteiger partial charge >= 0.3 is 0 Å². The molecule has 1 fully saturated rings. The zero-order valence-corrected chi connectivity index (χ0v) is 14.1. The lowest BCUT2D eigenvalue weighted by Gasteiger charge is -2.45. The number of rotatable bonds is 7. The predicted octanol–water partition coefficient (Wildman–Crippen LogP) is 3.91. The first-order chi connectivity index (χ1) is 8.94. The summed E-state index contributed by atoms with van der Waals surface area (Å²) in [7, 11) is 0. The lowest BCUT2D eigenvalue weighted by atomic mass is 9.73. The molecule has 0 aromatic rings. The summed E-state index contributed by atoms with van der Waals surface area (Å²) in [5.74, 6) is 0.738. The fourth-order valence-electron chi connectivity index (χ4n) is 3.43. The third-order valence-electron chi connectivity index (χ3n) is 5.33. The van der Waals surface area contributed by atoms with Crippen molar-refractivity contribution in [2.24, 2.45) is 11.3 Å². The van der Waals surface area contributed by atoms with Crippen molar-refractivity contribution in [3.63, 3.8) is 0 Å². The molecule has 0 bridgehead atoms. The first-order valence-corrected chi connectivity index (χ1v) is 8.41. The van der Waals surface area contributed by atoms with Crippen LogP contribution in [0.25, 0.3) is 0 Å². The highest BCUT2D eigenvalue weighted by Crippen LogP contribution is 2.38. The molecule has 2 nitrogen and oxygen atoms in total. The molecule has 0 amide bonds. The lowest BCUT2D eigenvalue weighted by molar-refractivity contribution is 0.0497. The van der Waals surface area contributed by atoms with E-state index in [0.29, 0.717) is 17.5 Å². The molecular formula is C17H36N2. The van der Waals surface area contributed by atoms with E-state index in [4.69, 9.17) is 0 Å². The van der Waals surface area contributed by atoms with E-state index in [1.807, 2.05) is 0 Å². The van der Waals surface area contributed by atoms with Crippen molar-refractivity contribution in [2.75, 3.05) is 19.6 Å². The molecule has 1 rings (SSSR count).